The van der Waals surface area contributed by atoms with Gasteiger partial charge in [-0.2, -0.15) is 4.98 Å². The fraction of sp³-hybridized carbons (Fsp3) is 0. The van der Waals surface area contributed by atoms with Gasteiger partial charge in [0, 0.05) is 27.4 Å². The molecule has 3 aromatic heterocycles. The van der Waals surface area contributed by atoms with Crippen molar-refractivity contribution < 1.29 is 9.52 Å². The highest BCUT2D eigenvalue weighted by atomic mass is 79.9. The zero-order valence-corrected chi connectivity index (χ0v) is 12.6. The Kier molecular flexibility index (Phi) is 4.33. The zero-order chi connectivity index (χ0) is 13.8. The molecule has 3 rings (SSSR count). The van der Waals surface area contributed by atoms with Crippen molar-refractivity contribution in [2.24, 2.45) is 0 Å². The molecular weight excluding hydrogens is 380 g/mol. The highest BCUT2D eigenvalue weighted by Crippen LogP contribution is 2.20. The molecule has 3 heterocycles. The molecule has 0 saturated carbocycles. The summed E-state index contributed by atoms with van der Waals surface area (Å²) in [6, 6.07) is 3.32. The number of nitrogen functional groups attached to an aromatic ring is 1. The number of aromatic hydroxyl groups is 1. The summed E-state index contributed by atoms with van der Waals surface area (Å²) in [5, 5.41) is 8.88. The van der Waals surface area contributed by atoms with Gasteiger partial charge in [-0.3, -0.25) is 0 Å². The van der Waals surface area contributed by atoms with E-state index in [4.69, 9.17) is 15.3 Å². The second kappa shape index (κ2) is 5.98. The van der Waals surface area contributed by atoms with Gasteiger partial charge in [0.25, 0.3) is 0 Å². The number of pyridine rings is 2. The molecule has 0 aliphatic carbocycles. The predicted molar refractivity (Wildman–Crippen MR) is 77.5 cm³/mol. The van der Waals surface area contributed by atoms with Crippen LogP contribution < -0.4 is 5.73 Å². The van der Waals surface area contributed by atoms with Gasteiger partial charge >= 0.3 is 0 Å². The van der Waals surface area contributed by atoms with Gasteiger partial charge in [-0.15, -0.1) is 0 Å². The van der Waals surface area contributed by atoms with E-state index in [1.54, 1.807) is 6.20 Å². The van der Waals surface area contributed by atoms with Gasteiger partial charge in [-0.1, -0.05) is 0 Å². The van der Waals surface area contributed by atoms with Crippen LogP contribution in [0.5, 0.6) is 5.75 Å². The average Bonchev–Trinajstić information content (AvgIpc) is 2.82. The topological polar surface area (TPSA) is 98.1 Å². The molecule has 0 spiro atoms. The van der Waals surface area contributed by atoms with Gasteiger partial charge < -0.3 is 15.3 Å². The molecule has 0 saturated heterocycles. The molecule has 0 aliphatic heterocycles. The van der Waals surface area contributed by atoms with E-state index in [0.29, 0.717) is 15.7 Å². The number of anilines is 1. The Morgan fingerprint density at radius 1 is 1.05 bits per heavy atom. The van der Waals surface area contributed by atoms with Gasteiger partial charge in [-0.25, -0.2) is 9.97 Å². The quantitative estimate of drug-likeness (QED) is 0.614. The molecule has 0 fully saturated rings. The summed E-state index contributed by atoms with van der Waals surface area (Å²) in [6.45, 7) is 0. The normalized spacial score (nSPS) is 10.0. The smallest absolute Gasteiger partial charge is 0.198 e. The van der Waals surface area contributed by atoms with Gasteiger partial charge in [0.15, 0.2) is 29.2 Å². The minimum absolute atomic E-state index is 0.00405. The summed E-state index contributed by atoms with van der Waals surface area (Å²) >= 11 is 6.38. The third kappa shape index (κ3) is 3.65. The lowest BCUT2D eigenvalue weighted by Gasteiger charge is -1.94. The minimum Gasteiger partial charge on any atom is -0.504 e. The third-order valence-corrected chi connectivity index (χ3v) is 2.89. The van der Waals surface area contributed by atoms with Crippen molar-refractivity contribution in [3.8, 4) is 5.75 Å². The summed E-state index contributed by atoms with van der Waals surface area (Å²) in [4.78, 5) is 11.5. The highest BCUT2D eigenvalue weighted by Gasteiger charge is 1.97. The second-order valence-corrected chi connectivity index (χ2v) is 5.22. The minimum atomic E-state index is 0.00405. The van der Waals surface area contributed by atoms with E-state index in [9.17, 15) is 0 Å². The third-order valence-electron chi connectivity index (χ3n) is 2.02. The fourth-order valence-electron chi connectivity index (χ4n) is 1.17. The lowest BCUT2D eigenvalue weighted by Crippen LogP contribution is -1.88. The molecule has 8 heteroatoms. The van der Waals surface area contributed by atoms with Crippen molar-refractivity contribution in [1.29, 1.82) is 0 Å². The van der Waals surface area contributed by atoms with Crippen molar-refractivity contribution in [2.45, 2.75) is 0 Å². The van der Waals surface area contributed by atoms with Crippen LogP contribution in [0, 0.1) is 0 Å². The van der Waals surface area contributed by atoms with E-state index in [-0.39, 0.29) is 11.6 Å². The molecular formula is C11H8Br2N4O2. The van der Waals surface area contributed by atoms with Gasteiger partial charge in [-0.05, 0) is 37.9 Å². The van der Waals surface area contributed by atoms with Crippen LogP contribution in [-0.2, 0) is 0 Å². The molecule has 98 valence electrons. The maximum atomic E-state index is 8.88. The number of rotatable bonds is 0. The van der Waals surface area contributed by atoms with Crippen LogP contribution >= 0.6 is 31.9 Å². The monoisotopic (exact) mass is 386 g/mol. The summed E-state index contributed by atoms with van der Waals surface area (Å²) < 4.78 is 6.61. The Morgan fingerprint density at radius 2 is 1.74 bits per heavy atom. The van der Waals surface area contributed by atoms with Crippen LogP contribution in [0.3, 0.4) is 0 Å². The Hall–Kier alpha value is -1.67. The molecule has 0 bridgehead atoms. The van der Waals surface area contributed by atoms with Crippen LogP contribution in [0.4, 0.5) is 5.82 Å². The Balaban J connectivity index is 0.000000141. The Morgan fingerprint density at radius 3 is 2.42 bits per heavy atom. The number of fused-ring (bicyclic) bond motifs is 1. The largest absolute Gasteiger partial charge is 0.504 e. The first-order chi connectivity index (χ1) is 9.06. The van der Waals surface area contributed by atoms with Crippen molar-refractivity contribution in [1.82, 2.24) is 15.0 Å². The van der Waals surface area contributed by atoms with Crippen LogP contribution in [0.1, 0.15) is 0 Å². The molecule has 3 aromatic rings. The summed E-state index contributed by atoms with van der Waals surface area (Å²) in [6.07, 6.45) is 4.59. The summed E-state index contributed by atoms with van der Waals surface area (Å²) in [5.74, 6) is 0.155. The van der Waals surface area contributed by atoms with Crippen molar-refractivity contribution in [3.05, 3.63) is 39.9 Å². The zero-order valence-electron chi connectivity index (χ0n) is 9.42. The maximum Gasteiger partial charge on any atom is 0.198 e. The maximum absolute atomic E-state index is 8.88. The average molecular weight is 388 g/mol. The number of hydrogen-bond acceptors (Lipinski definition) is 6. The first-order valence-electron chi connectivity index (χ1n) is 5.01. The van der Waals surface area contributed by atoms with Gasteiger partial charge in [0.2, 0.25) is 0 Å². The summed E-state index contributed by atoms with van der Waals surface area (Å²) in [5.41, 5.74) is 6.55. The molecule has 0 atom stereocenters. The van der Waals surface area contributed by atoms with E-state index in [0.717, 1.165) is 4.47 Å². The van der Waals surface area contributed by atoms with Crippen molar-refractivity contribution in [3.63, 3.8) is 0 Å². The highest BCUT2D eigenvalue weighted by molar-refractivity contribution is 9.10. The molecule has 0 unspecified atom stereocenters. The molecule has 0 radical (unpaired) electrons. The summed E-state index contributed by atoms with van der Waals surface area (Å²) in [7, 11) is 0. The number of nitrogens with zero attached hydrogens (tertiary/aromatic N) is 3. The fourth-order valence-corrected chi connectivity index (χ4v) is 1.80. The van der Waals surface area contributed by atoms with E-state index >= 15 is 0 Å². The van der Waals surface area contributed by atoms with Crippen molar-refractivity contribution >= 4 is 48.9 Å². The van der Waals surface area contributed by atoms with Crippen LogP contribution in [0.2, 0.25) is 0 Å². The number of nitrogens with two attached hydrogens (primary N) is 1. The SMILES string of the molecule is Brc1cnc2ncoc2c1.Nc1ncc(Br)cc1O. The first-order valence-corrected chi connectivity index (χ1v) is 6.59. The lowest BCUT2D eigenvalue weighted by molar-refractivity contribution is 0.475. The van der Waals surface area contributed by atoms with Gasteiger partial charge in [0.1, 0.15) is 0 Å². The molecule has 19 heavy (non-hydrogen) atoms. The Labute approximate surface area is 124 Å². The molecule has 0 aliphatic rings. The van der Waals surface area contributed by atoms with Crippen LogP contribution in [0.15, 0.2) is 44.3 Å². The first kappa shape index (κ1) is 13.8. The molecule has 6 nitrogen and oxygen atoms in total. The number of halogens is 2. The molecule has 3 N–H and O–H groups in total. The van der Waals surface area contributed by atoms with E-state index in [1.165, 1.54) is 18.7 Å². The molecule has 0 aromatic carbocycles. The van der Waals surface area contributed by atoms with Gasteiger partial charge in [0.05, 0.1) is 0 Å². The molecule has 0 amide bonds. The second-order valence-electron chi connectivity index (χ2n) is 3.39. The van der Waals surface area contributed by atoms with Crippen LogP contribution in [-0.4, -0.2) is 20.1 Å². The van der Waals surface area contributed by atoms with Crippen LogP contribution in [0.25, 0.3) is 11.2 Å². The van der Waals surface area contributed by atoms with E-state index in [2.05, 4.69) is 46.8 Å². The number of aromatic nitrogens is 3. The number of hydrogen-bond donors (Lipinski definition) is 2. The predicted octanol–water partition coefficient (Wildman–Crippen LogP) is 3.12. The standard InChI is InChI=1S/C6H3BrN2O.C5H5BrN2O/c7-4-1-5-6(8-2-4)9-3-10-5;6-3-1-4(9)5(7)8-2-3/h1-3H;1-2,9H,(H2,7,8). The van der Waals surface area contributed by atoms with E-state index < -0.39 is 0 Å². The van der Waals surface area contributed by atoms with Crippen molar-refractivity contribution in [2.75, 3.05) is 5.73 Å². The number of oxazole rings is 1. The van der Waals surface area contributed by atoms with E-state index in [1.807, 2.05) is 6.07 Å². The lowest BCUT2D eigenvalue weighted by atomic mass is 10.4. The Bertz CT molecular complexity index is 702.